The standard InChI is InChI=1S/C12H21N3O2/c1-7(6-17-5)13-8(2)11-9(3)14-10(4)15-12(11)16/h7-8,13H,6H2,1-5H3,(H,14,15,16). The van der Waals surface area contributed by atoms with Crippen LogP contribution in [0.3, 0.4) is 0 Å². The van der Waals surface area contributed by atoms with Crippen molar-refractivity contribution in [3.8, 4) is 0 Å². The molecule has 96 valence electrons. The number of methoxy groups -OCH3 is 1. The maximum absolute atomic E-state index is 11.9. The maximum Gasteiger partial charge on any atom is 0.255 e. The number of H-pyrrole nitrogens is 1. The minimum atomic E-state index is -0.0698. The summed E-state index contributed by atoms with van der Waals surface area (Å²) in [6.07, 6.45) is 0. The van der Waals surface area contributed by atoms with Gasteiger partial charge in [-0.25, -0.2) is 4.98 Å². The molecule has 5 heteroatoms. The average molecular weight is 239 g/mol. The molecular weight excluding hydrogens is 218 g/mol. The van der Waals surface area contributed by atoms with Crippen molar-refractivity contribution in [3.05, 3.63) is 27.4 Å². The molecule has 1 aromatic heterocycles. The normalized spacial score (nSPS) is 14.6. The molecule has 5 nitrogen and oxygen atoms in total. The summed E-state index contributed by atoms with van der Waals surface area (Å²) in [5, 5.41) is 3.31. The van der Waals surface area contributed by atoms with Crippen molar-refractivity contribution in [2.75, 3.05) is 13.7 Å². The summed E-state index contributed by atoms with van der Waals surface area (Å²) in [7, 11) is 1.66. The first-order valence-electron chi connectivity index (χ1n) is 5.78. The highest BCUT2D eigenvalue weighted by Gasteiger charge is 2.16. The lowest BCUT2D eigenvalue weighted by Gasteiger charge is -2.20. The smallest absolute Gasteiger partial charge is 0.255 e. The van der Waals surface area contributed by atoms with Crippen LogP contribution in [0, 0.1) is 13.8 Å². The van der Waals surface area contributed by atoms with Gasteiger partial charge in [0.1, 0.15) is 5.82 Å². The number of hydrogen-bond donors (Lipinski definition) is 2. The fraction of sp³-hybridized carbons (Fsp3) is 0.667. The van der Waals surface area contributed by atoms with Gasteiger partial charge in [-0.1, -0.05) is 0 Å². The third-order valence-corrected chi connectivity index (χ3v) is 2.65. The molecule has 0 fully saturated rings. The molecule has 0 aromatic carbocycles. The molecule has 0 saturated heterocycles. The summed E-state index contributed by atoms with van der Waals surface area (Å²) in [6, 6.07) is 0.145. The highest BCUT2D eigenvalue weighted by Crippen LogP contribution is 2.11. The number of aromatic amines is 1. The van der Waals surface area contributed by atoms with Gasteiger partial charge in [0.2, 0.25) is 0 Å². The molecule has 2 atom stereocenters. The number of aromatic nitrogens is 2. The van der Waals surface area contributed by atoms with E-state index in [4.69, 9.17) is 4.74 Å². The molecule has 17 heavy (non-hydrogen) atoms. The summed E-state index contributed by atoms with van der Waals surface area (Å²) >= 11 is 0. The second-order valence-electron chi connectivity index (χ2n) is 4.40. The zero-order valence-electron chi connectivity index (χ0n) is 11.1. The lowest BCUT2D eigenvalue weighted by Crippen LogP contribution is -2.35. The molecule has 2 unspecified atom stereocenters. The first-order valence-corrected chi connectivity index (χ1v) is 5.78. The summed E-state index contributed by atoms with van der Waals surface area (Å²) in [6.45, 7) is 8.23. The monoisotopic (exact) mass is 239 g/mol. The van der Waals surface area contributed by atoms with Gasteiger partial charge in [-0.2, -0.15) is 0 Å². The number of hydrogen-bond acceptors (Lipinski definition) is 4. The van der Waals surface area contributed by atoms with E-state index in [1.807, 2.05) is 20.8 Å². The third kappa shape index (κ3) is 3.64. The van der Waals surface area contributed by atoms with Crippen molar-refractivity contribution in [2.45, 2.75) is 39.8 Å². The minimum absolute atomic E-state index is 0.0444. The van der Waals surface area contributed by atoms with E-state index in [1.165, 1.54) is 0 Å². The van der Waals surface area contributed by atoms with E-state index in [0.29, 0.717) is 18.0 Å². The highest BCUT2D eigenvalue weighted by atomic mass is 16.5. The molecule has 1 aromatic rings. The van der Waals surface area contributed by atoms with Crippen molar-refractivity contribution in [1.29, 1.82) is 0 Å². The van der Waals surface area contributed by atoms with Crippen LogP contribution < -0.4 is 10.9 Å². The largest absolute Gasteiger partial charge is 0.383 e. The molecule has 1 heterocycles. The maximum atomic E-state index is 11.9. The van der Waals surface area contributed by atoms with Gasteiger partial charge in [-0.15, -0.1) is 0 Å². The SMILES string of the molecule is COCC(C)NC(C)c1c(C)nc(C)[nH]c1=O. The number of ether oxygens (including phenoxy) is 1. The lowest BCUT2D eigenvalue weighted by molar-refractivity contribution is 0.167. The van der Waals surface area contributed by atoms with Gasteiger partial charge >= 0.3 is 0 Å². The van der Waals surface area contributed by atoms with Crippen molar-refractivity contribution in [2.24, 2.45) is 0 Å². The van der Waals surface area contributed by atoms with Crippen LogP contribution in [0.15, 0.2) is 4.79 Å². The Morgan fingerprint density at radius 1 is 1.41 bits per heavy atom. The van der Waals surface area contributed by atoms with Gasteiger partial charge < -0.3 is 15.0 Å². The van der Waals surface area contributed by atoms with Crippen LogP contribution in [-0.4, -0.2) is 29.7 Å². The molecule has 0 aliphatic rings. The van der Waals surface area contributed by atoms with E-state index in [2.05, 4.69) is 15.3 Å². The third-order valence-electron chi connectivity index (χ3n) is 2.65. The van der Waals surface area contributed by atoms with Gasteiger partial charge in [0.25, 0.3) is 5.56 Å². The topological polar surface area (TPSA) is 67.0 Å². The molecule has 0 aliphatic carbocycles. The fourth-order valence-corrected chi connectivity index (χ4v) is 2.05. The van der Waals surface area contributed by atoms with Gasteiger partial charge in [0.05, 0.1) is 12.2 Å². The minimum Gasteiger partial charge on any atom is -0.383 e. The highest BCUT2D eigenvalue weighted by molar-refractivity contribution is 5.20. The summed E-state index contributed by atoms with van der Waals surface area (Å²) in [4.78, 5) is 18.9. The van der Waals surface area contributed by atoms with Crippen LogP contribution in [-0.2, 0) is 4.74 Å². The van der Waals surface area contributed by atoms with Gasteiger partial charge in [0.15, 0.2) is 0 Å². The Labute approximate surface area is 102 Å². The quantitative estimate of drug-likeness (QED) is 0.806. The zero-order chi connectivity index (χ0) is 13.0. The summed E-state index contributed by atoms with van der Waals surface area (Å²) < 4.78 is 5.06. The molecule has 0 spiro atoms. The van der Waals surface area contributed by atoms with E-state index in [1.54, 1.807) is 14.0 Å². The molecule has 0 amide bonds. The fourth-order valence-electron chi connectivity index (χ4n) is 2.05. The second-order valence-corrected chi connectivity index (χ2v) is 4.40. The van der Waals surface area contributed by atoms with Crippen LogP contribution in [0.1, 0.15) is 37.0 Å². The summed E-state index contributed by atoms with van der Waals surface area (Å²) in [5.74, 6) is 0.647. The second kappa shape index (κ2) is 5.93. The number of rotatable bonds is 5. The Kier molecular flexibility index (Phi) is 4.84. The van der Waals surface area contributed by atoms with E-state index < -0.39 is 0 Å². The molecular formula is C12H21N3O2. The molecule has 0 bridgehead atoms. The molecule has 0 aliphatic heterocycles. The van der Waals surface area contributed by atoms with Gasteiger partial charge in [-0.05, 0) is 27.7 Å². The Bertz CT molecular complexity index is 428. The van der Waals surface area contributed by atoms with Crippen molar-refractivity contribution >= 4 is 0 Å². The zero-order valence-corrected chi connectivity index (χ0v) is 11.1. The van der Waals surface area contributed by atoms with E-state index in [9.17, 15) is 4.79 Å². The van der Waals surface area contributed by atoms with E-state index in [-0.39, 0.29) is 17.6 Å². The van der Waals surface area contributed by atoms with Crippen LogP contribution in [0.4, 0.5) is 0 Å². The number of aryl methyl sites for hydroxylation is 2. The van der Waals surface area contributed by atoms with Crippen molar-refractivity contribution in [1.82, 2.24) is 15.3 Å². The average Bonchev–Trinajstić information content (AvgIpc) is 2.15. The van der Waals surface area contributed by atoms with Crippen LogP contribution in [0.2, 0.25) is 0 Å². The first-order chi connectivity index (χ1) is 7.95. The van der Waals surface area contributed by atoms with E-state index >= 15 is 0 Å². The predicted octanol–water partition coefficient (Wildman–Crippen LogP) is 1.07. The Morgan fingerprint density at radius 3 is 2.59 bits per heavy atom. The Hall–Kier alpha value is -1.20. The molecule has 2 N–H and O–H groups in total. The van der Waals surface area contributed by atoms with E-state index in [0.717, 1.165) is 5.69 Å². The molecule has 0 saturated carbocycles. The molecule has 1 rings (SSSR count). The Balaban J connectivity index is 2.89. The predicted molar refractivity (Wildman–Crippen MR) is 67.2 cm³/mol. The van der Waals surface area contributed by atoms with Crippen molar-refractivity contribution < 1.29 is 4.74 Å². The first kappa shape index (κ1) is 13.9. The van der Waals surface area contributed by atoms with Crippen LogP contribution in [0.25, 0.3) is 0 Å². The van der Waals surface area contributed by atoms with Crippen LogP contribution >= 0.6 is 0 Å². The number of nitrogens with zero attached hydrogens (tertiary/aromatic N) is 1. The van der Waals surface area contributed by atoms with Gasteiger partial charge in [0, 0.05) is 24.9 Å². The summed E-state index contributed by atoms with van der Waals surface area (Å²) in [5.41, 5.74) is 1.40. The van der Waals surface area contributed by atoms with Crippen molar-refractivity contribution in [3.63, 3.8) is 0 Å². The Morgan fingerprint density at radius 2 is 2.06 bits per heavy atom. The lowest BCUT2D eigenvalue weighted by atomic mass is 10.1. The van der Waals surface area contributed by atoms with Crippen LogP contribution in [0.5, 0.6) is 0 Å². The number of nitrogens with one attached hydrogen (secondary N) is 2. The van der Waals surface area contributed by atoms with Gasteiger partial charge in [-0.3, -0.25) is 4.79 Å². The molecule has 0 radical (unpaired) electrons.